The van der Waals surface area contributed by atoms with Crippen LogP contribution in [0.1, 0.15) is 16.8 Å². The van der Waals surface area contributed by atoms with E-state index in [1.807, 2.05) is 29.2 Å². The standard InChI is InChI=1S/C12H13N5OS2/c1-8-6-17-11(14-8)20-12(15-17)16-3-4-18-9(7-16)10-13-2-5-19-10/h2,5-6,9H,3-4,7H2,1H3. The molecule has 4 rings (SSSR count). The third-order valence-electron chi connectivity index (χ3n) is 3.22. The van der Waals surface area contributed by atoms with Crippen LogP contribution in [0.3, 0.4) is 0 Å². The van der Waals surface area contributed by atoms with Gasteiger partial charge in [-0.1, -0.05) is 11.3 Å². The van der Waals surface area contributed by atoms with E-state index in [-0.39, 0.29) is 6.10 Å². The molecule has 1 fully saturated rings. The topological polar surface area (TPSA) is 55.5 Å². The van der Waals surface area contributed by atoms with Crippen molar-refractivity contribution in [2.45, 2.75) is 13.0 Å². The summed E-state index contributed by atoms with van der Waals surface area (Å²) in [5, 5.41) is 8.61. The highest BCUT2D eigenvalue weighted by molar-refractivity contribution is 7.20. The molecule has 1 saturated heterocycles. The van der Waals surface area contributed by atoms with E-state index < -0.39 is 0 Å². The number of aryl methyl sites for hydroxylation is 1. The first-order valence-corrected chi connectivity index (χ1v) is 8.08. The van der Waals surface area contributed by atoms with E-state index in [0.29, 0.717) is 6.61 Å². The van der Waals surface area contributed by atoms with E-state index in [4.69, 9.17) is 4.74 Å². The normalized spacial score (nSPS) is 19.9. The van der Waals surface area contributed by atoms with E-state index in [2.05, 4.69) is 20.0 Å². The lowest BCUT2D eigenvalue weighted by Crippen LogP contribution is -2.38. The summed E-state index contributed by atoms with van der Waals surface area (Å²) in [5.41, 5.74) is 0.998. The Labute approximate surface area is 123 Å². The summed E-state index contributed by atoms with van der Waals surface area (Å²) in [7, 11) is 0. The minimum Gasteiger partial charge on any atom is -0.367 e. The van der Waals surface area contributed by atoms with Crippen LogP contribution >= 0.6 is 22.7 Å². The lowest BCUT2D eigenvalue weighted by Gasteiger charge is -2.31. The highest BCUT2D eigenvalue weighted by atomic mass is 32.1. The summed E-state index contributed by atoms with van der Waals surface area (Å²) in [6.07, 6.45) is 3.82. The minimum atomic E-state index is 0.0432. The number of morpholine rings is 1. The lowest BCUT2D eigenvalue weighted by molar-refractivity contribution is 0.0396. The van der Waals surface area contributed by atoms with Gasteiger partial charge in [-0.05, 0) is 6.92 Å². The molecule has 0 aromatic carbocycles. The predicted molar refractivity (Wildman–Crippen MR) is 78.6 cm³/mol. The zero-order chi connectivity index (χ0) is 13.5. The third-order valence-corrected chi connectivity index (χ3v) is 5.07. The molecule has 1 unspecified atom stereocenters. The molecule has 20 heavy (non-hydrogen) atoms. The van der Waals surface area contributed by atoms with Crippen molar-refractivity contribution in [2.24, 2.45) is 0 Å². The molecule has 1 aliphatic heterocycles. The van der Waals surface area contributed by atoms with Gasteiger partial charge in [0.1, 0.15) is 11.1 Å². The fourth-order valence-electron chi connectivity index (χ4n) is 2.29. The summed E-state index contributed by atoms with van der Waals surface area (Å²) in [4.78, 5) is 12.0. The molecule has 0 spiro atoms. The summed E-state index contributed by atoms with van der Waals surface area (Å²) >= 11 is 3.26. The van der Waals surface area contributed by atoms with Crippen LogP contribution in [-0.2, 0) is 4.74 Å². The van der Waals surface area contributed by atoms with Crippen LogP contribution in [0, 0.1) is 6.92 Å². The van der Waals surface area contributed by atoms with Crippen LogP contribution in [0.5, 0.6) is 0 Å². The van der Waals surface area contributed by atoms with Crippen molar-refractivity contribution in [1.29, 1.82) is 0 Å². The smallest absolute Gasteiger partial charge is 0.214 e. The largest absolute Gasteiger partial charge is 0.367 e. The second-order valence-electron chi connectivity index (χ2n) is 4.67. The number of fused-ring (bicyclic) bond motifs is 1. The van der Waals surface area contributed by atoms with Gasteiger partial charge in [0.15, 0.2) is 0 Å². The number of hydrogen-bond acceptors (Lipinski definition) is 7. The Morgan fingerprint density at radius 3 is 3.20 bits per heavy atom. The quantitative estimate of drug-likeness (QED) is 0.726. The Balaban J connectivity index is 1.59. The first kappa shape index (κ1) is 12.2. The van der Waals surface area contributed by atoms with Crippen molar-refractivity contribution in [1.82, 2.24) is 19.6 Å². The maximum absolute atomic E-state index is 5.81. The molecule has 0 amide bonds. The maximum atomic E-state index is 5.81. The third kappa shape index (κ3) is 2.09. The van der Waals surface area contributed by atoms with Gasteiger partial charge in [0.05, 0.1) is 25.0 Å². The van der Waals surface area contributed by atoms with Crippen molar-refractivity contribution in [2.75, 3.05) is 24.6 Å². The van der Waals surface area contributed by atoms with E-state index >= 15 is 0 Å². The molecule has 3 aromatic rings. The van der Waals surface area contributed by atoms with Crippen LogP contribution < -0.4 is 4.90 Å². The van der Waals surface area contributed by atoms with Gasteiger partial charge in [-0.2, -0.15) is 0 Å². The van der Waals surface area contributed by atoms with Crippen LogP contribution in [0.15, 0.2) is 17.8 Å². The average Bonchev–Trinajstić information content (AvgIpc) is 3.13. The highest BCUT2D eigenvalue weighted by Gasteiger charge is 2.26. The summed E-state index contributed by atoms with van der Waals surface area (Å²) in [5.74, 6) is 0. The van der Waals surface area contributed by atoms with Crippen LogP contribution in [-0.4, -0.2) is 39.3 Å². The van der Waals surface area contributed by atoms with Gasteiger partial charge in [-0.3, -0.25) is 0 Å². The Kier molecular flexibility index (Phi) is 2.94. The average molecular weight is 307 g/mol. The molecule has 1 atom stereocenters. The molecule has 6 nitrogen and oxygen atoms in total. The molecule has 8 heteroatoms. The molecule has 4 heterocycles. The molecule has 0 N–H and O–H groups in total. The molecular weight excluding hydrogens is 294 g/mol. The second-order valence-corrected chi connectivity index (χ2v) is 6.53. The van der Waals surface area contributed by atoms with Gasteiger partial charge in [0, 0.05) is 18.1 Å². The van der Waals surface area contributed by atoms with Crippen molar-refractivity contribution in [3.05, 3.63) is 28.5 Å². The van der Waals surface area contributed by atoms with Gasteiger partial charge in [0.2, 0.25) is 10.1 Å². The fourth-order valence-corrected chi connectivity index (χ4v) is 3.93. The number of nitrogens with zero attached hydrogens (tertiary/aromatic N) is 5. The Bertz CT molecular complexity index is 688. The molecule has 0 radical (unpaired) electrons. The van der Waals surface area contributed by atoms with Crippen LogP contribution in [0.4, 0.5) is 5.13 Å². The van der Waals surface area contributed by atoms with Gasteiger partial charge < -0.3 is 9.64 Å². The zero-order valence-corrected chi connectivity index (χ0v) is 12.5. The first-order chi connectivity index (χ1) is 9.79. The molecule has 3 aromatic heterocycles. The molecule has 0 bridgehead atoms. The number of imidazole rings is 1. The van der Waals surface area contributed by atoms with Crippen LogP contribution in [0.25, 0.3) is 4.96 Å². The van der Waals surface area contributed by atoms with E-state index in [9.17, 15) is 0 Å². The minimum absolute atomic E-state index is 0.0432. The predicted octanol–water partition coefficient (Wildman–Crippen LogP) is 2.13. The Morgan fingerprint density at radius 1 is 1.45 bits per heavy atom. The monoisotopic (exact) mass is 307 g/mol. The van der Waals surface area contributed by atoms with Crippen molar-refractivity contribution in [3.8, 4) is 0 Å². The zero-order valence-electron chi connectivity index (χ0n) is 10.9. The summed E-state index contributed by atoms with van der Waals surface area (Å²) < 4.78 is 7.66. The molecule has 104 valence electrons. The molecule has 0 saturated carbocycles. The van der Waals surface area contributed by atoms with Gasteiger partial charge in [-0.15, -0.1) is 16.4 Å². The van der Waals surface area contributed by atoms with E-state index in [1.54, 1.807) is 22.7 Å². The molecular formula is C12H13N5OS2. The van der Waals surface area contributed by atoms with Crippen molar-refractivity contribution < 1.29 is 4.74 Å². The first-order valence-electron chi connectivity index (χ1n) is 6.38. The summed E-state index contributed by atoms with van der Waals surface area (Å²) in [6, 6.07) is 0. The van der Waals surface area contributed by atoms with E-state index in [1.165, 1.54) is 0 Å². The second kappa shape index (κ2) is 4.80. The summed E-state index contributed by atoms with van der Waals surface area (Å²) in [6.45, 7) is 4.33. The maximum Gasteiger partial charge on any atom is 0.214 e. The fraction of sp³-hybridized carbons (Fsp3) is 0.417. The van der Waals surface area contributed by atoms with Gasteiger partial charge in [0.25, 0.3) is 0 Å². The van der Waals surface area contributed by atoms with E-state index in [0.717, 1.165) is 33.9 Å². The molecule has 1 aliphatic rings. The van der Waals surface area contributed by atoms with Crippen LogP contribution in [0.2, 0.25) is 0 Å². The Hall–Kier alpha value is -1.51. The number of anilines is 1. The number of aromatic nitrogens is 4. The number of hydrogen-bond donors (Lipinski definition) is 0. The number of thiazole rings is 1. The Morgan fingerprint density at radius 2 is 2.40 bits per heavy atom. The SMILES string of the molecule is Cc1cn2nc(N3CCOC(c4nccs4)C3)sc2n1. The number of rotatable bonds is 2. The van der Waals surface area contributed by atoms with Gasteiger partial charge in [-0.25, -0.2) is 14.5 Å². The molecule has 0 aliphatic carbocycles. The number of ether oxygens (including phenoxy) is 1. The van der Waals surface area contributed by atoms with Crippen molar-refractivity contribution >= 4 is 32.8 Å². The highest BCUT2D eigenvalue weighted by Crippen LogP contribution is 2.29. The van der Waals surface area contributed by atoms with Gasteiger partial charge >= 0.3 is 0 Å². The lowest BCUT2D eigenvalue weighted by atomic mass is 10.3. The van der Waals surface area contributed by atoms with Crippen molar-refractivity contribution in [3.63, 3.8) is 0 Å².